The molecule has 6 nitrogen and oxygen atoms in total. The van der Waals surface area contributed by atoms with Crippen LogP contribution >= 0.6 is 11.3 Å². The van der Waals surface area contributed by atoms with Gasteiger partial charge in [0.1, 0.15) is 5.01 Å². The SMILES string of the molecule is CCNC(=NCc1ncc(CC)s1)NC1CCC(=O)N(C)C1. The van der Waals surface area contributed by atoms with Crippen molar-refractivity contribution in [3.63, 3.8) is 0 Å². The fourth-order valence-electron chi connectivity index (χ4n) is 2.37. The second-order valence-corrected chi connectivity index (χ2v) is 6.62. The van der Waals surface area contributed by atoms with Gasteiger partial charge in [0.05, 0.1) is 6.54 Å². The highest BCUT2D eigenvalue weighted by atomic mass is 32.1. The zero-order valence-electron chi connectivity index (χ0n) is 13.6. The van der Waals surface area contributed by atoms with Gasteiger partial charge in [-0.25, -0.2) is 9.98 Å². The summed E-state index contributed by atoms with van der Waals surface area (Å²) in [5, 5.41) is 7.71. The van der Waals surface area contributed by atoms with Gasteiger partial charge in [-0.15, -0.1) is 11.3 Å². The molecule has 1 saturated heterocycles. The molecular weight excluding hydrogens is 298 g/mol. The average molecular weight is 323 g/mol. The minimum atomic E-state index is 0.217. The zero-order valence-corrected chi connectivity index (χ0v) is 14.4. The van der Waals surface area contributed by atoms with Crippen molar-refractivity contribution in [3.05, 3.63) is 16.1 Å². The van der Waals surface area contributed by atoms with Gasteiger partial charge in [0.25, 0.3) is 0 Å². The third-order valence-corrected chi connectivity index (χ3v) is 4.76. The van der Waals surface area contributed by atoms with Crippen LogP contribution in [0.1, 0.15) is 36.6 Å². The summed E-state index contributed by atoms with van der Waals surface area (Å²) in [6.07, 6.45) is 4.39. The van der Waals surface area contributed by atoms with E-state index < -0.39 is 0 Å². The fraction of sp³-hybridized carbons (Fsp3) is 0.667. The van der Waals surface area contributed by atoms with Gasteiger partial charge in [-0.2, -0.15) is 0 Å². The van der Waals surface area contributed by atoms with E-state index in [4.69, 9.17) is 0 Å². The number of amides is 1. The predicted octanol–water partition coefficient (Wildman–Crippen LogP) is 1.38. The Morgan fingerprint density at radius 3 is 3.00 bits per heavy atom. The number of hydrogen-bond acceptors (Lipinski definition) is 4. The van der Waals surface area contributed by atoms with Crippen molar-refractivity contribution in [2.24, 2.45) is 4.99 Å². The number of carbonyl (C=O) groups is 1. The molecule has 2 N–H and O–H groups in total. The van der Waals surface area contributed by atoms with E-state index in [1.54, 1.807) is 16.2 Å². The molecule has 22 heavy (non-hydrogen) atoms. The van der Waals surface area contributed by atoms with Gasteiger partial charge in [-0.05, 0) is 19.8 Å². The minimum Gasteiger partial charge on any atom is -0.357 e. The van der Waals surface area contributed by atoms with Crippen molar-refractivity contribution in [2.45, 2.75) is 45.7 Å². The third kappa shape index (κ3) is 4.69. The predicted molar refractivity (Wildman–Crippen MR) is 90.1 cm³/mol. The Morgan fingerprint density at radius 1 is 1.55 bits per heavy atom. The van der Waals surface area contributed by atoms with Crippen LogP contribution in [0.3, 0.4) is 0 Å². The molecule has 7 heteroatoms. The van der Waals surface area contributed by atoms with E-state index in [0.29, 0.717) is 13.0 Å². The second kappa shape index (κ2) is 8.12. The lowest BCUT2D eigenvalue weighted by Gasteiger charge is -2.31. The van der Waals surface area contributed by atoms with E-state index in [9.17, 15) is 4.79 Å². The van der Waals surface area contributed by atoms with Crippen LogP contribution in [0.15, 0.2) is 11.2 Å². The highest BCUT2D eigenvalue weighted by Gasteiger charge is 2.23. The van der Waals surface area contributed by atoms with Crippen molar-refractivity contribution in [1.29, 1.82) is 0 Å². The van der Waals surface area contributed by atoms with Gasteiger partial charge in [-0.3, -0.25) is 4.79 Å². The second-order valence-electron chi connectivity index (χ2n) is 5.42. The summed E-state index contributed by atoms with van der Waals surface area (Å²) in [5.74, 6) is 1.01. The van der Waals surface area contributed by atoms with E-state index in [0.717, 1.165) is 36.9 Å². The lowest BCUT2D eigenvalue weighted by Crippen LogP contribution is -2.51. The molecule has 1 atom stereocenters. The lowest BCUT2D eigenvalue weighted by molar-refractivity contribution is -0.132. The van der Waals surface area contributed by atoms with E-state index in [1.165, 1.54) is 4.88 Å². The van der Waals surface area contributed by atoms with E-state index in [-0.39, 0.29) is 11.9 Å². The number of piperidine rings is 1. The van der Waals surface area contributed by atoms with E-state index >= 15 is 0 Å². The quantitative estimate of drug-likeness (QED) is 0.634. The van der Waals surface area contributed by atoms with E-state index in [1.807, 2.05) is 20.2 Å². The highest BCUT2D eigenvalue weighted by Crippen LogP contribution is 2.14. The summed E-state index contributed by atoms with van der Waals surface area (Å²) in [6.45, 7) is 6.30. The van der Waals surface area contributed by atoms with Crippen molar-refractivity contribution >= 4 is 23.2 Å². The Labute approximate surface area is 136 Å². The third-order valence-electron chi connectivity index (χ3n) is 3.63. The average Bonchev–Trinajstić information content (AvgIpc) is 2.97. The number of aliphatic imine (C=N–C) groups is 1. The first-order valence-electron chi connectivity index (χ1n) is 7.84. The molecule has 2 rings (SSSR count). The molecule has 0 radical (unpaired) electrons. The van der Waals surface area contributed by atoms with Crippen molar-refractivity contribution < 1.29 is 4.79 Å². The molecule has 1 aliphatic heterocycles. The maximum atomic E-state index is 11.5. The normalized spacial score (nSPS) is 19.4. The smallest absolute Gasteiger partial charge is 0.222 e. The number of nitrogens with one attached hydrogen (secondary N) is 2. The topological polar surface area (TPSA) is 69.6 Å². The minimum absolute atomic E-state index is 0.217. The number of nitrogens with zero attached hydrogens (tertiary/aromatic N) is 3. The Hall–Kier alpha value is -1.63. The fourth-order valence-corrected chi connectivity index (χ4v) is 3.16. The largest absolute Gasteiger partial charge is 0.357 e. The van der Waals surface area contributed by atoms with Crippen LogP contribution in [-0.4, -0.2) is 47.9 Å². The van der Waals surface area contributed by atoms with Crippen molar-refractivity contribution in [3.8, 4) is 0 Å². The molecule has 0 spiro atoms. The maximum absolute atomic E-state index is 11.5. The van der Waals surface area contributed by atoms with Crippen LogP contribution in [-0.2, 0) is 17.8 Å². The Morgan fingerprint density at radius 2 is 2.36 bits per heavy atom. The van der Waals surface area contributed by atoms with Crippen LogP contribution < -0.4 is 10.6 Å². The molecule has 1 amide bonds. The molecule has 2 heterocycles. The van der Waals surface area contributed by atoms with Crippen molar-refractivity contribution in [1.82, 2.24) is 20.5 Å². The van der Waals surface area contributed by atoms with Gasteiger partial charge in [0.2, 0.25) is 5.91 Å². The number of aromatic nitrogens is 1. The number of likely N-dealkylation sites (tertiary alicyclic amines) is 1. The number of aryl methyl sites for hydroxylation is 1. The summed E-state index contributed by atoms with van der Waals surface area (Å²) >= 11 is 1.71. The summed E-state index contributed by atoms with van der Waals surface area (Å²) < 4.78 is 0. The molecule has 122 valence electrons. The first-order chi connectivity index (χ1) is 10.6. The Balaban J connectivity index is 1.93. The maximum Gasteiger partial charge on any atom is 0.222 e. The number of carbonyl (C=O) groups excluding carboxylic acids is 1. The first kappa shape index (κ1) is 16.7. The number of guanidine groups is 1. The number of hydrogen-bond donors (Lipinski definition) is 2. The summed E-state index contributed by atoms with van der Waals surface area (Å²) in [5.41, 5.74) is 0. The Bertz CT molecular complexity index is 528. The zero-order chi connectivity index (χ0) is 15.9. The summed E-state index contributed by atoms with van der Waals surface area (Å²) in [6, 6.07) is 0.253. The summed E-state index contributed by atoms with van der Waals surface area (Å²) in [4.78, 5) is 23.6. The number of rotatable bonds is 5. The van der Waals surface area contributed by atoms with Gasteiger partial charge >= 0.3 is 0 Å². The van der Waals surface area contributed by atoms with Gasteiger partial charge < -0.3 is 15.5 Å². The highest BCUT2D eigenvalue weighted by molar-refractivity contribution is 7.11. The van der Waals surface area contributed by atoms with Crippen LogP contribution in [0.25, 0.3) is 0 Å². The van der Waals surface area contributed by atoms with Gasteiger partial charge in [0.15, 0.2) is 5.96 Å². The van der Waals surface area contributed by atoms with Gasteiger partial charge in [0, 0.05) is 43.7 Å². The molecule has 0 aliphatic carbocycles. The molecule has 1 aliphatic rings. The van der Waals surface area contributed by atoms with Crippen LogP contribution in [0.5, 0.6) is 0 Å². The number of likely N-dealkylation sites (N-methyl/N-ethyl adjacent to an activating group) is 1. The first-order valence-corrected chi connectivity index (χ1v) is 8.66. The van der Waals surface area contributed by atoms with E-state index in [2.05, 4.69) is 27.5 Å². The Kier molecular flexibility index (Phi) is 6.18. The molecule has 1 aromatic heterocycles. The molecule has 0 aromatic carbocycles. The molecular formula is C15H25N5OS. The summed E-state index contributed by atoms with van der Waals surface area (Å²) in [7, 11) is 1.85. The number of thiazole rings is 1. The molecule has 1 aromatic rings. The molecule has 1 fully saturated rings. The molecule has 0 bridgehead atoms. The monoisotopic (exact) mass is 323 g/mol. The van der Waals surface area contributed by atoms with Crippen LogP contribution in [0, 0.1) is 0 Å². The van der Waals surface area contributed by atoms with Crippen LogP contribution in [0.2, 0.25) is 0 Å². The van der Waals surface area contributed by atoms with Crippen LogP contribution in [0.4, 0.5) is 0 Å². The van der Waals surface area contributed by atoms with Gasteiger partial charge in [-0.1, -0.05) is 6.92 Å². The molecule has 0 saturated carbocycles. The molecule has 1 unspecified atom stereocenters. The standard InChI is InChI=1S/C15H25N5OS/c1-4-12-8-17-13(22-12)9-18-15(16-5-2)19-11-6-7-14(21)20(3)10-11/h8,11H,4-7,9-10H2,1-3H3,(H2,16,18,19). The van der Waals surface area contributed by atoms with Crippen molar-refractivity contribution in [2.75, 3.05) is 20.1 Å². The lowest BCUT2D eigenvalue weighted by atomic mass is 10.1.